The first-order valence-electron chi connectivity index (χ1n) is 7.80. The van der Waals surface area contributed by atoms with E-state index in [1.807, 2.05) is 67.6 Å². The van der Waals surface area contributed by atoms with E-state index in [0.717, 1.165) is 33.3 Å². The first-order valence-corrected chi connectivity index (χ1v) is 8.68. The zero-order valence-corrected chi connectivity index (χ0v) is 14.5. The number of hydrogen-bond donors (Lipinski definition) is 0. The summed E-state index contributed by atoms with van der Waals surface area (Å²) in [5.74, 6) is 1.74. The maximum Gasteiger partial charge on any atom is 0.126 e. The fourth-order valence-corrected chi connectivity index (χ4v) is 3.04. The zero-order valence-electron chi connectivity index (χ0n) is 13.7. The average molecular weight is 337 g/mol. The number of para-hydroxylation sites is 1. The smallest absolute Gasteiger partial charge is 0.126 e. The Morgan fingerprint density at radius 1 is 1.04 bits per heavy atom. The third kappa shape index (κ3) is 3.84. The second kappa shape index (κ2) is 7.79. The van der Waals surface area contributed by atoms with E-state index in [2.05, 4.69) is 10.4 Å². The molecular weight excluding hydrogens is 318 g/mol. The summed E-state index contributed by atoms with van der Waals surface area (Å²) in [6.45, 7) is 2.65. The van der Waals surface area contributed by atoms with Crippen LogP contribution >= 0.6 is 11.3 Å². The van der Waals surface area contributed by atoms with Gasteiger partial charge >= 0.3 is 0 Å². The van der Waals surface area contributed by atoms with Crippen molar-refractivity contribution in [1.82, 2.24) is 4.98 Å². The molecule has 1 aromatic heterocycles. The third-order valence-corrected chi connectivity index (χ3v) is 4.34. The second-order valence-corrected chi connectivity index (χ2v) is 5.99. The van der Waals surface area contributed by atoms with Gasteiger partial charge < -0.3 is 9.47 Å². The van der Waals surface area contributed by atoms with Gasteiger partial charge in [-0.05, 0) is 49.4 Å². The van der Waals surface area contributed by atoms with E-state index in [4.69, 9.17) is 9.47 Å². The van der Waals surface area contributed by atoms with Gasteiger partial charge in [0.2, 0.25) is 0 Å². The molecule has 3 rings (SSSR count). The summed E-state index contributed by atoms with van der Waals surface area (Å²) in [6, 6.07) is 15.9. The van der Waals surface area contributed by atoms with Gasteiger partial charge in [0.1, 0.15) is 16.5 Å². The average Bonchev–Trinajstić information content (AvgIpc) is 3.10. The lowest BCUT2D eigenvalue weighted by Gasteiger charge is -2.05. The van der Waals surface area contributed by atoms with Crippen molar-refractivity contribution in [2.75, 3.05) is 13.7 Å². The van der Waals surface area contributed by atoms with Crippen molar-refractivity contribution in [3.8, 4) is 22.8 Å². The Morgan fingerprint density at radius 3 is 2.58 bits per heavy atom. The molecule has 3 nitrogen and oxygen atoms in total. The summed E-state index contributed by atoms with van der Waals surface area (Å²) in [5, 5.41) is 3.03. The van der Waals surface area contributed by atoms with Gasteiger partial charge in [0.15, 0.2) is 0 Å². The van der Waals surface area contributed by atoms with Crippen LogP contribution in [0, 0.1) is 0 Å². The first kappa shape index (κ1) is 16.3. The number of methoxy groups -OCH3 is 1. The van der Waals surface area contributed by atoms with E-state index in [1.54, 1.807) is 18.4 Å². The Morgan fingerprint density at radius 2 is 1.83 bits per heavy atom. The Labute approximate surface area is 146 Å². The molecule has 0 spiro atoms. The molecule has 0 radical (unpaired) electrons. The molecule has 0 fully saturated rings. The summed E-state index contributed by atoms with van der Waals surface area (Å²) in [5.41, 5.74) is 3.11. The quantitative estimate of drug-likeness (QED) is 0.604. The Balaban J connectivity index is 1.78. The maximum atomic E-state index is 5.64. The van der Waals surface area contributed by atoms with E-state index in [-0.39, 0.29) is 0 Å². The Hall–Kier alpha value is -2.59. The van der Waals surface area contributed by atoms with Gasteiger partial charge in [0.25, 0.3) is 0 Å². The van der Waals surface area contributed by atoms with Crippen LogP contribution < -0.4 is 9.47 Å². The minimum atomic E-state index is 0.656. The van der Waals surface area contributed by atoms with Crippen molar-refractivity contribution in [2.24, 2.45) is 0 Å². The number of thiazole rings is 1. The molecule has 0 amide bonds. The predicted molar refractivity (Wildman–Crippen MR) is 101 cm³/mol. The lowest BCUT2D eigenvalue weighted by atomic mass is 10.1. The molecule has 0 aliphatic heterocycles. The van der Waals surface area contributed by atoms with Gasteiger partial charge in [-0.25, -0.2) is 4.98 Å². The molecule has 0 atom stereocenters. The van der Waals surface area contributed by atoms with Crippen LogP contribution in [0.4, 0.5) is 0 Å². The Kier molecular flexibility index (Phi) is 5.29. The largest absolute Gasteiger partial charge is 0.497 e. The molecule has 2 aromatic carbocycles. The molecule has 0 aliphatic carbocycles. The first-order chi connectivity index (χ1) is 11.8. The molecule has 0 bridgehead atoms. The van der Waals surface area contributed by atoms with Crippen LogP contribution in [-0.2, 0) is 0 Å². The van der Waals surface area contributed by atoms with E-state index in [0.29, 0.717) is 6.61 Å². The lowest BCUT2D eigenvalue weighted by molar-refractivity contribution is 0.339. The minimum Gasteiger partial charge on any atom is -0.497 e. The number of aromatic nitrogens is 1. The molecule has 0 N–H and O–H groups in total. The van der Waals surface area contributed by atoms with Crippen LogP contribution in [0.3, 0.4) is 0 Å². The normalized spacial score (nSPS) is 10.9. The summed E-state index contributed by atoms with van der Waals surface area (Å²) in [4.78, 5) is 4.68. The topological polar surface area (TPSA) is 31.4 Å². The van der Waals surface area contributed by atoms with Crippen molar-refractivity contribution < 1.29 is 9.47 Å². The molecule has 0 unspecified atom stereocenters. The predicted octanol–water partition coefficient (Wildman–Crippen LogP) is 5.39. The van der Waals surface area contributed by atoms with Crippen LogP contribution in [0.15, 0.2) is 53.9 Å². The summed E-state index contributed by atoms with van der Waals surface area (Å²) >= 11 is 1.62. The lowest BCUT2D eigenvalue weighted by Crippen LogP contribution is -1.92. The van der Waals surface area contributed by atoms with E-state index >= 15 is 0 Å². The Bertz CT molecular complexity index is 822. The fourth-order valence-electron chi connectivity index (χ4n) is 2.32. The molecule has 0 saturated carbocycles. The van der Waals surface area contributed by atoms with Crippen LogP contribution in [0.2, 0.25) is 0 Å². The van der Waals surface area contributed by atoms with Gasteiger partial charge in [0.05, 0.1) is 19.4 Å². The van der Waals surface area contributed by atoms with E-state index in [1.165, 1.54) is 0 Å². The number of nitrogens with zero attached hydrogens (tertiary/aromatic N) is 1. The monoisotopic (exact) mass is 337 g/mol. The van der Waals surface area contributed by atoms with Crippen LogP contribution in [0.25, 0.3) is 23.4 Å². The SMILES string of the molecule is CCOc1ccccc1/C=C/c1nc(-c2ccc(OC)cc2)cs1. The highest BCUT2D eigenvalue weighted by Crippen LogP contribution is 2.26. The van der Waals surface area contributed by atoms with Crippen molar-refractivity contribution in [3.63, 3.8) is 0 Å². The second-order valence-electron chi connectivity index (χ2n) is 5.10. The van der Waals surface area contributed by atoms with Crippen molar-refractivity contribution in [2.45, 2.75) is 6.92 Å². The van der Waals surface area contributed by atoms with Gasteiger partial charge in [-0.3, -0.25) is 0 Å². The summed E-state index contributed by atoms with van der Waals surface area (Å²) < 4.78 is 10.8. The van der Waals surface area contributed by atoms with Crippen molar-refractivity contribution in [3.05, 3.63) is 64.5 Å². The van der Waals surface area contributed by atoms with Gasteiger partial charge in [0, 0.05) is 16.5 Å². The highest BCUT2D eigenvalue weighted by Gasteiger charge is 2.04. The molecule has 122 valence electrons. The van der Waals surface area contributed by atoms with E-state index < -0.39 is 0 Å². The minimum absolute atomic E-state index is 0.656. The summed E-state index contributed by atoms with van der Waals surface area (Å²) in [7, 11) is 1.67. The maximum absolute atomic E-state index is 5.64. The highest BCUT2D eigenvalue weighted by atomic mass is 32.1. The number of ether oxygens (including phenoxy) is 2. The van der Waals surface area contributed by atoms with Gasteiger partial charge in [-0.15, -0.1) is 11.3 Å². The van der Waals surface area contributed by atoms with Gasteiger partial charge in [-0.1, -0.05) is 18.2 Å². The fraction of sp³-hybridized carbons (Fsp3) is 0.150. The third-order valence-electron chi connectivity index (χ3n) is 3.53. The number of hydrogen-bond acceptors (Lipinski definition) is 4. The molecular formula is C20H19NO2S. The standard InChI is InChI=1S/C20H19NO2S/c1-3-23-19-7-5-4-6-16(19)10-13-20-21-18(14-24-20)15-8-11-17(22-2)12-9-15/h4-14H,3H2,1-2H3/b13-10+. The molecule has 3 aromatic rings. The van der Waals surface area contributed by atoms with Gasteiger partial charge in [-0.2, -0.15) is 0 Å². The van der Waals surface area contributed by atoms with Crippen LogP contribution in [-0.4, -0.2) is 18.7 Å². The number of rotatable bonds is 6. The molecule has 4 heteroatoms. The summed E-state index contributed by atoms with van der Waals surface area (Å²) in [6.07, 6.45) is 4.07. The molecule has 0 saturated heterocycles. The van der Waals surface area contributed by atoms with Crippen molar-refractivity contribution in [1.29, 1.82) is 0 Å². The van der Waals surface area contributed by atoms with Crippen LogP contribution in [0.5, 0.6) is 11.5 Å². The highest BCUT2D eigenvalue weighted by molar-refractivity contribution is 7.10. The molecule has 1 heterocycles. The molecule has 0 aliphatic rings. The zero-order chi connectivity index (χ0) is 16.8. The van der Waals surface area contributed by atoms with Crippen LogP contribution in [0.1, 0.15) is 17.5 Å². The molecule has 24 heavy (non-hydrogen) atoms. The van der Waals surface area contributed by atoms with E-state index in [9.17, 15) is 0 Å². The van der Waals surface area contributed by atoms with Crippen molar-refractivity contribution >= 4 is 23.5 Å². The number of benzene rings is 2.